The minimum atomic E-state index is -0.274. The summed E-state index contributed by atoms with van der Waals surface area (Å²) < 4.78 is 2.70. The predicted octanol–water partition coefficient (Wildman–Crippen LogP) is 4.79. The summed E-state index contributed by atoms with van der Waals surface area (Å²) in [6, 6.07) is 9.36. The van der Waals surface area contributed by atoms with Crippen LogP contribution in [0.3, 0.4) is 0 Å². The van der Waals surface area contributed by atoms with E-state index >= 15 is 0 Å². The van der Waals surface area contributed by atoms with Crippen molar-refractivity contribution >= 4 is 36.1 Å². The van der Waals surface area contributed by atoms with Gasteiger partial charge in [-0.15, -0.1) is 0 Å². The number of rotatable bonds is 3. The van der Waals surface area contributed by atoms with Gasteiger partial charge in [0.1, 0.15) is 0 Å². The minimum absolute atomic E-state index is 0.0988. The summed E-state index contributed by atoms with van der Waals surface area (Å²) in [5.74, 6) is 0.228. The van der Waals surface area contributed by atoms with Gasteiger partial charge in [-0.1, -0.05) is 0 Å². The Hall–Kier alpha value is -2.36. The topological polar surface area (TPSA) is 59.3 Å². The molecular formula is C25H29NO3Se. The van der Waals surface area contributed by atoms with Crippen LogP contribution in [0.25, 0.3) is 15.9 Å². The zero-order valence-electron chi connectivity index (χ0n) is 18.7. The van der Waals surface area contributed by atoms with Gasteiger partial charge in [0.15, 0.2) is 0 Å². The molecule has 0 aliphatic carbocycles. The number of ketones is 1. The number of aromatic nitrogens is 1. The fraction of sp³-hybridized carbons (Fsp3) is 0.360. The zero-order valence-corrected chi connectivity index (χ0v) is 20.4. The first-order valence-electron chi connectivity index (χ1n) is 9.99. The van der Waals surface area contributed by atoms with Crippen molar-refractivity contribution in [1.29, 1.82) is 0 Å². The van der Waals surface area contributed by atoms with Gasteiger partial charge >= 0.3 is 184 Å². The number of phenolic OH excluding ortho intramolecular Hbond substituents is 1. The molecule has 0 fully saturated rings. The van der Waals surface area contributed by atoms with Crippen molar-refractivity contribution in [2.75, 3.05) is 0 Å². The normalized spacial score (nSPS) is 12.8. The molecule has 1 heterocycles. The second kappa shape index (κ2) is 7.72. The Morgan fingerprint density at radius 2 is 1.57 bits per heavy atom. The van der Waals surface area contributed by atoms with Gasteiger partial charge < -0.3 is 0 Å². The monoisotopic (exact) mass is 471 g/mol. The van der Waals surface area contributed by atoms with Gasteiger partial charge in [0.25, 0.3) is 0 Å². The molecule has 0 radical (unpaired) electrons. The first-order valence-corrected chi connectivity index (χ1v) is 11.7. The Balaban J connectivity index is 2.00. The quantitative estimate of drug-likeness (QED) is 0.340. The van der Waals surface area contributed by atoms with E-state index in [0.717, 1.165) is 26.5 Å². The Labute approximate surface area is 183 Å². The number of hydrogen-bond donors (Lipinski definition) is 1. The van der Waals surface area contributed by atoms with E-state index in [0.29, 0.717) is 11.3 Å². The summed E-state index contributed by atoms with van der Waals surface area (Å²) in [5.41, 5.74) is 3.64. The molecule has 0 saturated carbocycles. The van der Waals surface area contributed by atoms with Crippen LogP contribution in [-0.2, 0) is 17.9 Å². The van der Waals surface area contributed by atoms with E-state index in [1.165, 1.54) is 0 Å². The summed E-state index contributed by atoms with van der Waals surface area (Å²) in [5, 5.41) is 10.9. The summed E-state index contributed by atoms with van der Waals surface area (Å²) in [7, 11) is 1.77. The van der Waals surface area contributed by atoms with Crippen LogP contribution in [0.5, 0.6) is 5.75 Å². The third-order valence-corrected chi connectivity index (χ3v) is 7.34. The van der Waals surface area contributed by atoms with Crippen LogP contribution < -0.4 is 4.43 Å². The molecule has 1 N–H and O–H groups in total. The third-order valence-electron chi connectivity index (χ3n) is 5.25. The van der Waals surface area contributed by atoms with E-state index in [9.17, 15) is 14.7 Å². The average molecular weight is 470 g/mol. The van der Waals surface area contributed by atoms with Crippen molar-refractivity contribution in [1.82, 2.24) is 4.57 Å². The number of carbonyl (C=O) groups excluding carboxylic acids is 1. The molecule has 158 valence electrons. The molecule has 0 aliphatic rings. The number of phenols is 1. The number of carbonyl (C=O) groups is 1. The molecular weight excluding hydrogens is 441 g/mol. The van der Waals surface area contributed by atoms with E-state index in [1.54, 1.807) is 23.8 Å². The zero-order chi connectivity index (χ0) is 22.4. The van der Waals surface area contributed by atoms with Gasteiger partial charge in [-0.05, 0) is 0 Å². The second-order valence-electron chi connectivity index (χ2n) is 9.77. The second-order valence-corrected chi connectivity index (χ2v) is 11.9. The van der Waals surface area contributed by atoms with Gasteiger partial charge in [0.2, 0.25) is 0 Å². The van der Waals surface area contributed by atoms with Crippen molar-refractivity contribution in [2.45, 2.75) is 52.4 Å². The summed E-state index contributed by atoms with van der Waals surface area (Å²) >= 11 is -0.274. The predicted molar refractivity (Wildman–Crippen MR) is 125 cm³/mol. The molecule has 4 nitrogen and oxygen atoms in total. The molecule has 0 bridgehead atoms. The van der Waals surface area contributed by atoms with Gasteiger partial charge in [0, 0.05) is 0 Å². The Bertz CT molecular complexity index is 1180. The van der Waals surface area contributed by atoms with Gasteiger partial charge in [0.05, 0.1) is 0 Å². The van der Waals surface area contributed by atoms with Crippen LogP contribution in [0.15, 0.2) is 41.2 Å². The maximum absolute atomic E-state index is 12.8. The van der Waals surface area contributed by atoms with Crippen molar-refractivity contribution in [3.05, 3.63) is 67.9 Å². The van der Waals surface area contributed by atoms with E-state index in [-0.39, 0.29) is 35.5 Å². The standard InChI is InChI=1S/C25H29NO3Se/c1-24(2,3)17-12-15(13-18(22(17)28)25(4,5)6)8-11-20(27)16-9-10-19-21(14-16)30-23(29)26(19)7/h8-14,28H,1-7H3/b11-8+. The Morgan fingerprint density at radius 1 is 1.00 bits per heavy atom. The van der Waals surface area contributed by atoms with Gasteiger partial charge in [-0.3, -0.25) is 0 Å². The number of hydrogen-bond acceptors (Lipinski definition) is 3. The first kappa shape index (κ1) is 22.3. The van der Waals surface area contributed by atoms with Crippen LogP contribution in [0, 0.1) is 0 Å². The fourth-order valence-electron chi connectivity index (χ4n) is 3.45. The molecule has 0 atom stereocenters. The van der Waals surface area contributed by atoms with Gasteiger partial charge in [-0.25, -0.2) is 0 Å². The molecule has 2 aromatic carbocycles. The molecule has 3 rings (SSSR count). The fourth-order valence-corrected chi connectivity index (χ4v) is 5.38. The number of nitrogens with zero attached hydrogens (tertiary/aromatic N) is 1. The van der Waals surface area contributed by atoms with E-state index in [4.69, 9.17) is 0 Å². The van der Waals surface area contributed by atoms with Crippen LogP contribution >= 0.6 is 0 Å². The number of fused-ring (bicyclic) bond motifs is 1. The molecule has 0 spiro atoms. The summed E-state index contributed by atoms with van der Waals surface area (Å²) in [6.45, 7) is 12.4. The average Bonchev–Trinajstić information content (AvgIpc) is 2.92. The van der Waals surface area contributed by atoms with E-state index < -0.39 is 0 Å². The molecule has 0 amide bonds. The van der Waals surface area contributed by atoms with Crippen LogP contribution in [0.1, 0.15) is 68.6 Å². The van der Waals surface area contributed by atoms with Crippen molar-refractivity contribution in [3.8, 4) is 5.75 Å². The molecule has 1 aromatic heterocycles. The molecule has 0 saturated heterocycles. The SMILES string of the molecule is Cn1c(=O)[se]c2cc(C(=O)/C=C/c3cc(C(C)(C)C)c(O)c(C(C)(C)C)c3)ccc21. The van der Waals surface area contributed by atoms with Crippen LogP contribution in [0.4, 0.5) is 0 Å². The summed E-state index contributed by atoms with van der Waals surface area (Å²) in [6.07, 6.45) is 3.38. The van der Waals surface area contributed by atoms with Crippen LogP contribution in [0.2, 0.25) is 0 Å². The van der Waals surface area contributed by atoms with E-state index in [2.05, 4.69) is 41.5 Å². The van der Waals surface area contributed by atoms with Crippen molar-refractivity contribution in [2.24, 2.45) is 7.05 Å². The van der Waals surface area contributed by atoms with E-state index in [1.807, 2.05) is 30.3 Å². The number of benzene rings is 2. The number of aromatic hydroxyl groups is 1. The molecule has 5 heteroatoms. The molecule has 0 unspecified atom stereocenters. The number of allylic oxidation sites excluding steroid dienone is 1. The summed E-state index contributed by atoms with van der Waals surface area (Å²) in [4.78, 5) is 24.7. The maximum atomic E-state index is 12.8. The van der Waals surface area contributed by atoms with Gasteiger partial charge in [-0.2, -0.15) is 0 Å². The third kappa shape index (κ3) is 4.38. The molecule has 0 aliphatic heterocycles. The Morgan fingerprint density at radius 3 is 2.10 bits per heavy atom. The molecule has 30 heavy (non-hydrogen) atoms. The Kier molecular flexibility index (Phi) is 5.74. The molecule has 3 aromatic rings. The number of aryl methyl sites for hydroxylation is 1. The first-order chi connectivity index (χ1) is 13.8. The van der Waals surface area contributed by atoms with Crippen LogP contribution in [-0.4, -0.2) is 30.0 Å². The van der Waals surface area contributed by atoms with Crippen molar-refractivity contribution in [3.63, 3.8) is 0 Å². The van der Waals surface area contributed by atoms with Crippen molar-refractivity contribution < 1.29 is 9.90 Å².